The molecule has 0 radical (unpaired) electrons. The maximum Gasteiger partial charge on any atom is 0.0207 e. The first-order chi connectivity index (χ1) is 3.91. The summed E-state index contributed by atoms with van der Waals surface area (Å²) in [6, 6.07) is 0. The molecule has 0 unspecified atom stereocenters. The number of nitrogens with one attached hydrogen (secondary N) is 2. The first-order valence-corrected chi connectivity index (χ1v) is 2.65. The second kappa shape index (κ2) is 6.84. The Balaban J connectivity index is 2.53. The monoisotopic (exact) mass is 120 g/mol. The minimum absolute atomic E-state index is 0.585. The van der Waals surface area contributed by atoms with Crippen LogP contribution in [-0.4, -0.2) is 23.5 Å². The zero-order valence-corrected chi connectivity index (χ0v) is 4.72. The van der Waals surface area contributed by atoms with Gasteiger partial charge in [-0.25, -0.2) is 11.0 Å². The van der Waals surface area contributed by atoms with Gasteiger partial charge < -0.3 is 10.4 Å². The Morgan fingerprint density at radius 3 is 1.50 bits per heavy atom. The van der Waals surface area contributed by atoms with E-state index in [0.29, 0.717) is 13.1 Å². The highest BCUT2D eigenvalue weighted by Crippen LogP contribution is 1.81. The Morgan fingerprint density at radius 2 is 1.25 bits per heavy atom. The molecular weight excluding hydrogens is 108 g/mol. The lowest BCUT2D eigenvalue weighted by Crippen LogP contribution is -2.13. The first kappa shape index (κ1) is 7.84. The van der Waals surface area contributed by atoms with Crippen LogP contribution in [0.4, 0.5) is 0 Å². The molecule has 0 aromatic carbocycles. The van der Waals surface area contributed by atoms with E-state index in [1.807, 2.05) is 11.0 Å². The van der Waals surface area contributed by atoms with Crippen LogP contribution >= 0.6 is 0 Å². The highest BCUT2D eigenvalue weighted by molar-refractivity contribution is 4.40. The van der Waals surface area contributed by atoms with Crippen LogP contribution in [0.3, 0.4) is 0 Å². The van der Waals surface area contributed by atoms with E-state index in [-0.39, 0.29) is 0 Å². The maximum absolute atomic E-state index is 8.03. The summed E-state index contributed by atoms with van der Waals surface area (Å²) in [5.74, 6) is 0. The van der Waals surface area contributed by atoms with Gasteiger partial charge in [-0.2, -0.15) is 0 Å². The average molecular weight is 120 g/mol. The lowest BCUT2D eigenvalue weighted by Gasteiger charge is -1.95. The molecule has 0 heterocycles. The third kappa shape index (κ3) is 5.84. The van der Waals surface area contributed by atoms with Crippen molar-refractivity contribution in [2.24, 2.45) is 0 Å². The number of hydroxylamine groups is 2. The van der Waals surface area contributed by atoms with Gasteiger partial charge in [0.25, 0.3) is 0 Å². The smallest absolute Gasteiger partial charge is 0.0207 e. The molecule has 0 saturated heterocycles. The molecule has 0 aromatic heterocycles. The van der Waals surface area contributed by atoms with E-state index < -0.39 is 0 Å². The number of rotatable bonds is 5. The van der Waals surface area contributed by atoms with Crippen molar-refractivity contribution in [2.75, 3.05) is 13.1 Å². The van der Waals surface area contributed by atoms with Crippen molar-refractivity contribution in [2.45, 2.75) is 12.8 Å². The van der Waals surface area contributed by atoms with Gasteiger partial charge in [-0.3, -0.25) is 0 Å². The minimum Gasteiger partial charge on any atom is -0.317 e. The Kier molecular flexibility index (Phi) is 6.70. The summed E-state index contributed by atoms with van der Waals surface area (Å²) in [5.41, 5.74) is 4.03. The highest BCUT2D eigenvalue weighted by atomic mass is 16.5. The molecule has 8 heavy (non-hydrogen) atoms. The van der Waals surface area contributed by atoms with Crippen molar-refractivity contribution < 1.29 is 10.4 Å². The second-order valence-corrected chi connectivity index (χ2v) is 1.52. The molecule has 0 aliphatic rings. The van der Waals surface area contributed by atoms with Gasteiger partial charge in [0.2, 0.25) is 0 Å². The van der Waals surface area contributed by atoms with Crippen molar-refractivity contribution >= 4 is 0 Å². The molecule has 50 valence electrons. The van der Waals surface area contributed by atoms with Crippen LogP contribution in [0.2, 0.25) is 0 Å². The summed E-state index contributed by atoms with van der Waals surface area (Å²) < 4.78 is 0. The van der Waals surface area contributed by atoms with E-state index in [9.17, 15) is 0 Å². The molecule has 0 aromatic rings. The predicted molar refractivity (Wildman–Crippen MR) is 28.8 cm³/mol. The number of hydrogen-bond donors (Lipinski definition) is 4. The topological polar surface area (TPSA) is 64.5 Å². The quantitative estimate of drug-likeness (QED) is 0.298. The lowest BCUT2D eigenvalue weighted by atomic mass is 10.3. The van der Waals surface area contributed by atoms with Gasteiger partial charge in [0.05, 0.1) is 0 Å². The Labute approximate surface area is 48.4 Å². The molecule has 0 aliphatic heterocycles. The fourth-order valence-corrected chi connectivity index (χ4v) is 0.408. The van der Waals surface area contributed by atoms with Crippen molar-refractivity contribution in [1.82, 2.24) is 11.0 Å². The minimum atomic E-state index is 0.585. The fourth-order valence-electron chi connectivity index (χ4n) is 0.408. The largest absolute Gasteiger partial charge is 0.317 e. The molecule has 0 aliphatic carbocycles. The van der Waals surface area contributed by atoms with Crippen molar-refractivity contribution in [3.8, 4) is 0 Å². The van der Waals surface area contributed by atoms with Gasteiger partial charge in [0.15, 0.2) is 0 Å². The first-order valence-electron chi connectivity index (χ1n) is 2.65. The van der Waals surface area contributed by atoms with E-state index in [0.717, 1.165) is 12.8 Å². The summed E-state index contributed by atoms with van der Waals surface area (Å²) in [7, 11) is 0. The highest BCUT2D eigenvalue weighted by Gasteiger charge is 1.83. The van der Waals surface area contributed by atoms with Crippen LogP contribution < -0.4 is 11.0 Å². The molecule has 0 rings (SSSR count). The van der Waals surface area contributed by atoms with Crippen molar-refractivity contribution in [3.63, 3.8) is 0 Å². The average Bonchev–Trinajstić information content (AvgIpc) is 1.81. The van der Waals surface area contributed by atoms with E-state index >= 15 is 0 Å². The van der Waals surface area contributed by atoms with E-state index in [1.165, 1.54) is 0 Å². The predicted octanol–water partition coefficient (Wildman–Crippen LogP) is -0.276. The van der Waals surface area contributed by atoms with E-state index in [4.69, 9.17) is 10.4 Å². The summed E-state index contributed by atoms with van der Waals surface area (Å²) in [5, 5.41) is 16.1. The van der Waals surface area contributed by atoms with Gasteiger partial charge in [-0.1, -0.05) is 0 Å². The molecular formula is C4H12N2O2. The lowest BCUT2D eigenvalue weighted by molar-refractivity contribution is 0.151. The maximum atomic E-state index is 8.03. The zero-order valence-electron chi connectivity index (χ0n) is 4.72. The molecule has 4 heteroatoms. The van der Waals surface area contributed by atoms with Gasteiger partial charge in [0, 0.05) is 13.1 Å². The van der Waals surface area contributed by atoms with Crippen molar-refractivity contribution in [3.05, 3.63) is 0 Å². The van der Waals surface area contributed by atoms with E-state index in [2.05, 4.69) is 0 Å². The number of hydrogen-bond acceptors (Lipinski definition) is 4. The van der Waals surface area contributed by atoms with Crippen LogP contribution in [0.15, 0.2) is 0 Å². The van der Waals surface area contributed by atoms with Crippen LogP contribution in [0.1, 0.15) is 12.8 Å². The standard InChI is InChI=1S/C4H12N2O2/c7-5-3-1-2-4-6-8/h5-8H,1-4H2. The molecule has 0 amide bonds. The third-order valence-electron chi connectivity index (χ3n) is 0.827. The zero-order chi connectivity index (χ0) is 6.24. The van der Waals surface area contributed by atoms with E-state index in [1.54, 1.807) is 0 Å². The summed E-state index contributed by atoms with van der Waals surface area (Å²) >= 11 is 0. The molecule has 4 nitrogen and oxygen atoms in total. The Morgan fingerprint density at radius 1 is 0.875 bits per heavy atom. The summed E-state index contributed by atoms with van der Waals surface area (Å²) in [6.45, 7) is 1.17. The Hall–Kier alpha value is -0.160. The van der Waals surface area contributed by atoms with Crippen LogP contribution in [0.25, 0.3) is 0 Å². The molecule has 0 atom stereocenters. The van der Waals surface area contributed by atoms with Gasteiger partial charge in [-0.15, -0.1) is 0 Å². The SMILES string of the molecule is ONCCCCNO. The van der Waals surface area contributed by atoms with Crippen LogP contribution in [-0.2, 0) is 0 Å². The van der Waals surface area contributed by atoms with Crippen molar-refractivity contribution in [1.29, 1.82) is 0 Å². The molecule has 4 N–H and O–H groups in total. The summed E-state index contributed by atoms with van der Waals surface area (Å²) in [6.07, 6.45) is 1.73. The third-order valence-corrected chi connectivity index (χ3v) is 0.827. The number of unbranched alkanes of at least 4 members (excludes halogenated alkanes) is 1. The molecule has 0 spiro atoms. The van der Waals surface area contributed by atoms with Crippen LogP contribution in [0.5, 0.6) is 0 Å². The van der Waals surface area contributed by atoms with Gasteiger partial charge in [-0.05, 0) is 12.8 Å². The molecule has 0 bridgehead atoms. The van der Waals surface area contributed by atoms with Gasteiger partial charge >= 0.3 is 0 Å². The molecule has 0 saturated carbocycles. The fraction of sp³-hybridized carbons (Fsp3) is 1.00. The normalized spacial score (nSPS) is 9.75. The summed E-state index contributed by atoms with van der Waals surface area (Å²) in [4.78, 5) is 0. The Bertz CT molecular complexity index is 37.0. The van der Waals surface area contributed by atoms with Gasteiger partial charge in [0.1, 0.15) is 0 Å². The van der Waals surface area contributed by atoms with Crippen LogP contribution in [0, 0.1) is 0 Å². The second-order valence-electron chi connectivity index (χ2n) is 1.52. The molecule has 0 fully saturated rings.